The minimum absolute atomic E-state index is 0.152. The maximum absolute atomic E-state index is 11.8. The third-order valence-corrected chi connectivity index (χ3v) is 4.70. The largest absolute Gasteiger partial charge is 0.351 e. The highest BCUT2D eigenvalue weighted by molar-refractivity contribution is 5.91. The van der Waals surface area contributed by atoms with Crippen LogP contribution in [0.1, 0.15) is 49.1 Å². The van der Waals surface area contributed by atoms with E-state index >= 15 is 0 Å². The number of aromatic nitrogens is 1. The van der Waals surface area contributed by atoms with Crippen LogP contribution in [0.25, 0.3) is 0 Å². The number of hydrogen-bond acceptors (Lipinski definition) is 4. The molecule has 0 radical (unpaired) electrons. The Bertz CT molecular complexity index is 418. The molecule has 0 aromatic carbocycles. The van der Waals surface area contributed by atoms with Crippen molar-refractivity contribution in [2.45, 2.75) is 44.6 Å². The average molecular weight is 277 g/mol. The van der Waals surface area contributed by atoms with Crippen LogP contribution in [0.5, 0.6) is 0 Å². The number of carbonyl (C=O) groups is 1. The molecular formula is C15H23N3O2. The Morgan fingerprint density at radius 2 is 2.05 bits per heavy atom. The van der Waals surface area contributed by atoms with Gasteiger partial charge in [-0.1, -0.05) is 18.0 Å². The molecule has 2 aliphatic rings. The lowest BCUT2D eigenvalue weighted by Gasteiger charge is -2.36. The molecule has 5 heteroatoms. The third kappa shape index (κ3) is 3.20. The van der Waals surface area contributed by atoms with Gasteiger partial charge in [-0.15, -0.1) is 0 Å². The van der Waals surface area contributed by atoms with E-state index in [1.165, 1.54) is 57.8 Å². The van der Waals surface area contributed by atoms with Crippen LogP contribution >= 0.6 is 0 Å². The van der Waals surface area contributed by atoms with Gasteiger partial charge >= 0.3 is 0 Å². The summed E-state index contributed by atoms with van der Waals surface area (Å²) in [6, 6.07) is 2.43. The number of amides is 1. The summed E-state index contributed by atoms with van der Waals surface area (Å²) in [4.78, 5) is 14.4. The number of likely N-dealkylation sites (tertiary alicyclic amines) is 1. The van der Waals surface area contributed by atoms with Crippen LogP contribution in [-0.2, 0) is 0 Å². The van der Waals surface area contributed by atoms with E-state index in [1.54, 1.807) is 6.07 Å². The summed E-state index contributed by atoms with van der Waals surface area (Å²) in [5, 5.41) is 6.50. The monoisotopic (exact) mass is 277 g/mol. The fourth-order valence-corrected chi connectivity index (χ4v) is 3.45. The number of hydrogen-bond donors (Lipinski definition) is 1. The summed E-state index contributed by atoms with van der Waals surface area (Å²) in [7, 11) is 0. The van der Waals surface area contributed by atoms with Crippen LogP contribution in [0.4, 0.5) is 0 Å². The first-order chi connectivity index (χ1) is 9.83. The first-order valence-corrected chi connectivity index (χ1v) is 7.76. The van der Waals surface area contributed by atoms with Gasteiger partial charge in [0.2, 0.25) is 5.76 Å². The maximum Gasteiger partial charge on any atom is 0.289 e. The number of rotatable bonds is 4. The second-order valence-electron chi connectivity index (χ2n) is 6.00. The second-order valence-corrected chi connectivity index (χ2v) is 6.00. The van der Waals surface area contributed by atoms with Gasteiger partial charge in [-0.25, -0.2) is 0 Å². The smallest absolute Gasteiger partial charge is 0.289 e. The minimum Gasteiger partial charge on any atom is -0.351 e. The van der Waals surface area contributed by atoms with Crippen molar-refractivity contribution in [2.24, 2.45) is 5.92 Å². The van der Waals surface area contributed by atoms with Crippen molar-refractivity contribution >= 4 is 5.91 Å². The minimum atomic E-state index is -0.152. The molecular weight excluding hydrogens is 254 g/mol. The molecule has 3 rings (SSSR count). The SMILES string of the molecule is O=C(NCC1CCN(C2CCCC2)CC1)c1ccno1. The highest BCUT2D eigenvalue weighted by Crippen LogP contribution is 2.27. The predicted octanol–water partition coefficient (Wildman–Crippen LogP) is 2.06. The molecule has 1 aliphatic carbocycles. The molecule has 20 heavy (non-hydrogen) atoms. The molecule has 1 saturated heterocycles. The predicted molar refractivity (Wildman–Crippen MR) is 75.4 cm³/mol. The molecule has 0 atom stereocenters. The zero-order valence-corrected chi connectivity index (χ0v) is 11.9. The summed E-state index contributed by atoms with van der Waals surface area (Å²) >= 11 is 0. The molecule has 1 saturated carbocycles. The van der Waals surface area contributed by atoms with Crippen molar-refractivity contribution in [2.75, 3.05) is 19.6 Å². The molecule has 2 heterocycles. The van der Waals surface area contributed by atoms with Gasteiger partial charge in [-0.3, -0.25) is 4.79 Å². The molecule has 5 nitrogen and oxygen atoms in total. The first kappa shape index (κ1) is 13.6. The highest BCUT2D eigenvalue weighted by Gasteiger charge is 2.27. The molecule has 0 spiro atoms. The van der Waals surface area contributed by atoms with Crippen molar-refractivity contribution < 1.29 is 9.32 Å². The Kier molecular flexibility index (Phi) is 4.35. The zero-order valence-electron chi connectivity index (χ0n) is 11.9. The van der Waals surface area contributed by atoms with Gasteiger partial charge in [0.05, 0.1) is 6.20 Å². The molecule has 2 fully saturated rings. The standard InChI is InChI=1S/C15H23N3O2/c19-15(14-5-8-17-20-14)16-11-12-6-9-18(10-7-12)13-3-1-2-4-13/h5,8,12-13H,1-4,6-7,9-11H2,(H,16,19). The van der Waals surface area contributed by atoms with Crippen LogP contribution in [0.3, 0.4) is 0 Å². The topological polar surface area (TPSA) is 58.4 Å². The normalized spacial score (nSPS) is 22.2. The van der Waals surface area contributed by atoms with Crippen LogP contribution in [0.15, 0.2) is 16.8 Å². The fourth-order valence-electron chi connectivity index (χ4n) is 3.45. The highest BCUT2D eigenvalue weighted by atomic mass is 16.5. The van der Waals surface area contributed by atoms with Gasteiger partial charge in [0.25, 0.3) is 5.91 Å². The second kappa shape index (κ2) is 6.39. The van der Waals surface area contributed by atoms with Crippen molar-refractivity contribution in [3.05, 3.63) is 18.0 Å². The number of piperidine rings is 1. The lowest BCUT2D eigenvalue weighted by molar-refractivity contribution is 0.0889. The summed E-state index contributed by atoms with van der Waals surface area (Å²) in [5.41, 5.74) is 0. The average Bonchev–Trinajstić information content (AvgIpc) is 3.18. The molecule has 1 aromatic heterocycles. The van der Waals surface area contributed by atoms with Crippen molar-refractivity contribution in [1.82, 2.24) is 15.4 Å². The number of nitrogens with one attached hydrogen (secondary N) is 1. The van der Waals surface area contributed by atoms with Gasteiger partial charge in [0.1, 0.15) is 0 Å². The van der Waals surface area contributed by atoms with Gasteiger partial charge in [-0.2, -0.15) is 0 Å². The van der Waals surface area contributed by atoms with Crippen molar-refractivity contribution in [3.63, 3.8) is 0 Å². The van der Waals surface area contributed by atoms with E-state index in [4.69, 9.17) is 4.52 Å². The number of nitrogens with zero attached hydrogens (tertiary/aromatic N) is 2. The van der Waals surface area contributed by atoms with Gasteiger partial charge in [0, 0.05) is 18.7 Å². The summed E-state index contributed by atoms with van der Waals surface area (Å²) < 4.78 is 4.85. The third-order valence-electron chi connectivity index (χ3n) is 4.70. The lowest BCUT2D eigenvalue weighted by Crippen LogP contribution is -2.42. The Morgan fingerprint density at radius 3 is 2.70 bits per heavy atom. The lowest BCUT2D eigenvalue weighted by atomic mass is 9.95. The summed E-state index contributed by atoms with van der Waals surface area (Å²) in [6.45, 7) is 3.12. The zero-order chi connectivity index (χ0) is 13.8. The van der Waals surface area contributed by atoms with Gasteiger partial charge in [-0.05, 0) is 44.7 Å². The molecule has 1 aliphatic heterocycles. The molecule has 1 amide bonds. The first-order valence-electron chi connectivity index (χ1n) is 7.76. The molecule has 0 unspecified atom stereocenters. The molecule has 1 N–H and O–H groups in total. The maximum atomic E-state index is 11.8. The van der Waals surface area contributed by atoms with Gasteiger partial charge < -0.3 is 14.7 Å². The van der Waals surface area contributed by atoms with E-state index in [2.05, 4.69) is 15.4 Å². The van der Waals surface area contributed by atoms with Crippen molar-refractivity contribution in [3.8, 4) is 0 Å². The van der Waals surface area contributed by atoms with E-state index in [0.29, 0.717) is 11.7 Å². The molecule has 110 valence electrons. The van der Waals surface area contributed by atoms with Crippen LogP contribution in [0.2, 0.25) is 0 Å². The van der Waals surface area contributed by atoms with Gasteiger partial charge in [0.15, 0.2) is 0 Å². The Balaban J connectivity index is 1.39. The Labute approximate surface area is 119 Å². The fraction of sp³-hybridized carbons (Fsp3) is 0.733. The summed E-state index contributed by atoms with van der Waals surface area (Å²) in [6.07, 6.45) is 9.44. The van der Waals surface area contributed by atoms with E-state index in [-0.39, 0.29) is 5.91 Å². The molecule has 1 aromatic rings. The summed E-state index contributed by atoms with van der Waals surface area (Å²) in [5.74, 6) is 0.744. The van der Waals surface area contributed by atoms with E-state index in [9.17, 15) is 4.79 Å². The van der Waals surface area contributed by atoms with Crippen molar-refractivity contribution in [1.29, 1.82) is 0 Å². The van der Waals surface area contributed by atoms with E-state index in [1.807, 2.05) is 0 Å². The van der Waals surface area contributed by atoms with Crippen LogP contribution in [0, 0.1) is 5.92 Å². The van der Waals surface area contributed by atoms with E-state index < -0.39 is 0 Å². The Morgan fingerprint density at radius 1 is 1.30 bits per heavy atom. The van der Waals surface area contributed by atoms with Crippen LogP contribution in [-0.4, -0.2) is 41.6 Å². The Hall–Kier alpha value is -1.36. The van der Waals surface area contributed by atoms with E-state index in [0.717, 1.165) is 12.6 Å². The molecule has 0 bridgehead atoms. The van der Waals surface area contributed by atoms with Crippen LogP contribution < -0.4 is 5.32 Å². The number of carbonyl (C=O) groups excluding carboxylic acids is 1. The quantitative estimate of drug-likeness (QED) is 0.915.